The summed E-state index contributed by atoms with van der Waals surface area (Å²) in [5.41, 5.74) is 4.42. The summed E-state index contributed by atoms with van der Waals surface area (Å²) in [4.78, 5) is 47.4. The van der Waals surface area contributed by atoms with Gasteiger partial charge in [0.25, 0.3) is 0 Å². The molecule has 2 aromatic heterocycles. The topological polar surface area (TPSA) is 157 Å². The molecule has 14 heteroatoms. The number of carbonyl (C=O) groups is 3. The lowest BCUT2D eigenvalue weighted by atomic mass is 9.99. The number of tetrazole rings is 1. The molecule has 2 bridgehead atoms. The number of hydrogen-bond acceptors (Lipinski definition) is 9. The highest BCUT2D eigenvalue weighted by Gasteiger charge is 2.23. The van der Waals surface area contributed by atoms with Gasteiger partial charge in [0.05, 0.1) is 44.3 Å². The first kappa shape index (κ1) is 30.4. The number of nitrogens with one attached hydrogen (secondary N) is 2. The number of methoxy groups -OCH3 is 2. The second-order valence-electron chi connectivity index (χ2n) is 10.2. The number of halogens is 1. The van der Waals surface area contributed by atoms with Gasteiger partial charge in [-0.1, -0.05) is 29.8 Å². The molecule has 0 aliphatic carbocycles. The van der Waals surface area contributed by atoms with Crippen LogP contribution in [0.5, 0.6) is 0 Å². The average Bonchev–Trinajstić information content (AvgIpc) is 3.73. The lowest BCUT2D eigenvalue weighted by Gasteiger charge is -2.24. The van der Waals surface area contributed by atoms with Crippen LogP contribution in [-0.4, -0.2) is 73.8 Å². The van der Waals surface area contributed by atoms with Crippen LogP contribution in [0.15, 0.2) is 55.0 Å². The predicted molar refractivity (Wildman–Crippen MR) is 160 cm³/mol. The van der Waals surface area contributed by atoms with E-state index in [4.69, 9.17) is 21.1 Å². The summed E-state index contributed by atoms with van der Waals surface area (Å²) in [6.45, 7) is 0.730. The van der Waals surface area contributed by atoms with Gasteiger partial charge in [0.1, 0.15) is 12.2 Å². The molecule has 0 spiro atoms. The highest BCUT2D eigenvalue weighted by Crippen LogP contribution is 2.29. The van der Waals surface area contributed by atoms with E-state index in [1.54, 1.807) is 35.4 Å². The number of hydrogen-bond donors (Lipinski definition) is 2. The van der Waals surface area contributed by atoms with E-state index in [-0.39, 0.29) is 24.8 Å². The Hall–Kier alpha value is -5.04. The van der Waals surface area contributed by atoms with Gasteiger partial charge in [0.15, 0.2) is 0 Å². The first-order chi connectivity index (χ1) is 21.3. The van der Waals surface area contributed by atoms with Crippen molar-refractivity contribution in [1.29, 1.82) is 0 Å². The van der Waals surface area contributed by atoms with Crippen molar-refractivity contribution in [3.63, 3.8) is 0 Å². The maximum atomic E-state index is 13.2. The minimum atomic E-state index is -0.450. The van der Waals surface area contributed by atoms with Crippen molar-refractivity contribution in [2.45, 2.75) is 38.3 Å². The van der Waals surface area contributed by atoms with Gasteiger partial charge in [-0.05, 0) is 65.1 Å². The van der Waals surface area contributed by atoms with Gasteiger partial charge < -0.3 is 24.7 Å². The van der Waals surface area contributed by atoms with Crippen molar-refractivity contribution in [3.05, 3.63) is 82.5 Å². The van der Waals surface area contributed by atoms with Gasteiger partial charge in [0.2, 0.25) is 5.91 Å². The van der Waals surface area contributed by atoms with Crippen LogP contribution in [0.3, 0.4) is 0 Å². The third kappa shape index (κ3) is 7.29. The van der Waals surface area contributed by atoms with Crippen molar-refractivity contribution >= 4 is 35.6 Å². The Balaban J connectivity index is 1.41. The molecule has 0 fully saturated rings. The number of rotatable bonds is 6. The molecular weight excluding hydrogens is 588 g/mol. The molecule has 1 atom stereocenters. The molecule has 0 saturated carbocycles. The lowest BCUT2D eigenvalue weighted by Crippen LogP contribution is -2.32. The first-order valence-electron chi connectivity index (χ1n) is 13.9. The molecule has 228 valence electrons. The van der Waals surface area contributed by atoms with E-state index in [9.17, 15) is 14.4 Å². The normalized spacial score (nSPS) is 15.2. The number of amides is 2. The molecule has 5 rings (SSSR count). The third-order valence-electron chi connectivity index (χ3n) is 7.24. The summed E-state index contributed by atoms with van der Waals surface area (Å²) < 4.78 is 11.4. The van der Waals surface area contributed by atoms with Crippen LogP contribution >= 0.6 is 11.6 Å². The van der Waals surface area contributed by atoms with Crippen LogP contribution in [0.1, 0.15) is 47.8 Å². The van der Waals surface area contributed by atoms with E-state index in [1.807, 2.05) is 18.2 Å². The molecule has 4 aromatic rings. The quantitative estimate of drug-likeness (QED) is 0.240. The number of aromatic amines is 1. The van der Waals surface area contributed by atoms with E-state index in [0.29, 0.717) is 53.6 Å². The summed E-state index contributed by atoms with van der Waals surface area (Å²) in [6, 6.07) is 10.4. The summed E-state index contributed by atoms with van der Waals surface area (Å²) in [5.74, 6) is -0.0815. The van der Waals surface area contributed by atoms with Gasteiger partial charge in [-0.2, -0.15) is 4.68 Å². The fourth-order valence-electron chi connectivity index (χ4n) is 5.06. The Kier molecular flexibility index (Phi) is 9.65. The summed E-state index contributed by atoms with van der Waals surface area (Å²) in [5, 5.41) is 14.8. The van der Waals surface area contributed by atoms with Crippen LogP contribution in [0.2, 0.25) is 5.02 Å². The van der Waals surface area contributed by atoms with Gasteiger partial charge in [-0.25, -0.2) is 9.78 Å². The minimum absolute atomic E-state index is 0.101. The molecule has 2 N–H and O–H groups in total. The van der Waals surface area contributed by atoms with Crippen molar-refractivity contribution in [2.24, 2.45) is 0 Å². The van der Waals surface area contributed by atoms with Crippen LogP contribution in [0.25, 0.3) is 23.0 Å². The van der Waals surface area contributed by atoms with Crippen LogP contribution in [0.4, 0.5) is 4.79 Å². The maximum Gasteiger partial charge on any atom is 0.409 e. The van der Waals surface area contributed by atoms with E-state index < -0.39 is 12.1 Å². The molecule has 2 amide bonds. The van der Waals surface area contributed by atoms with Crippen molar-refractivity contribution in [3.8, 4) is 16.9 Å². The molecule has 13 nitrogen and oxygen atoms in total. The van der Waals surface area contributed by atoms with Gasteiger partial charge >= 0.3 is 12.1 Å². The number of nitrogens with zero attached hydrogens (tertiary/aromatic N) is 6. The molecule has 0 saturated heterocycles. The SMILES string of the molecule is COC(=O)Cc1ccc2c(c1)CN(C(=O)OC)CCCC[C@H](NC(=O)/C=C/c1cc(Cl)ccc1-n1cnnn1)c1ncc-2[nH]1. The Labute approximate surface area is 258 Å². The van der Waals surface area contributed by atoms with Crippen LogP contribution in [0, 0.1) is 0 Å². The van der Waals surface area contributed by atoms with Crippen molar-refractivity contribution in [2.75, 3.05) is 20.8 Å². The Morgan fingerprint density at radius 2 is 2.00 bits per heavy atom. The maximum absolute atomic E-state index is 13.2. The van der Waals surface area contributed by atoms with Gasteiger partial charge in [0, 0.05) is 35.3 Å². The van der Waals surface area contributed by atoms with Gasteiger partial charge in [-0.15, -0.1) is 5.10 Å². The molecule has 1 aliphatic rings. The standard InChI is InChI=1S/C30H31ClN8O5/c1-43-28(41)14-19-6-9-23-21(13-19)17-38(30(42)44-2)12-4-3-5-24(29-32-16-25(23)35-29)34-27(40)11-7-20-15-22(31)8-10-26(20)39-18-33-36-37-39/h6-11,13,15-16,18,24H,3-5,12,14,17H2,1-2H3,(H,32,35)(H,34,40)/b11-7+/t24-/m0/s1. The Morgan fingerprint density at radius 1 is 1.14 bits per heavy atom. The fraction of sp³-hybridized carbons (Fsp3) is 0.300. The van der Waals surface area contributed by atoms with E-state index >= 15 is 0 Å². The zero-order valence-corrected chi connectivity index (χ0v) is 25.0. The van der Waals surface area contributed by atoms with E-state index in [2.05, 4.69) is 30.8 Å². The third-order valence-corrected chi connectivity index (χ3v) is 7.48. The highest BCUT2D eigenvalue weighted by molar-refractivity contribution is 6.30. The number of fused-ring (bicyclic) bond motifs is 4. The monoisotopic (exact) mass is 618 g/mol. The average molecular weight is 619 g/mol. The zero-order chi connectivity index (χ0) is 31.1. The number of imidazole rings is 1. The number of H-pyrrole nitrogens is 1. The van der Waals surface area contributed by atoms with Crippen LogP contribution < -0.4 is 5.32 Å². The molecule has 44 heavy (non-hydrogen) atoms. The Bertz CT molecular complexity index is 1670. The summed E-state index contributed by atoms with van der Waals surface area (Å²) in [7, 11) is 2.69. The first-order valence-corrected chi connectivity index (χ1v) is 14.3. The molecule has 1 aliphatic heterocycles. The van der Waals surface area contributed by atoms with E-state index in [1.165, 1.54) is 31.3 Å². The van der Waals surface area contributed by atoms with E-state index in [0.717, 1.165) is 16.7 Å². The Morgan fingerprint density at radius 3 is 2.77 bits per heavy atom. The smallest absolute Gasteiger partial charge is 0.409 e. The fourth-order valence-corrected chi connectivity index (χ4v) is 5.24. The van der Waals surface area contributed by atoms with Gasteiger partial charge in [-0.3, -0.25) is 9.59 Å². The minimum Gasteiger partial charge on any atom is -0.469 e. The highest BCUT2D eigenvalue weighted by atomic mass is 35.5. The zero-order valence-electron chi connectivity index (χ0n) is 24.2. The molecule has 0 radical (unpaired) electrons. The number of aromatic nitrogens is 6. The number of esters is 1. The number of carbonyl (C=O) groups excluding carboxylic acids is 3. The molecule has 0 unspecified atom stereocenters. The molecular formula is C30H31ClN8O5. The van der Waals surface area contributed by atoms with Crippen LogP contribution in [-0.2, 0) is 32.0 Å². The molecule has 2 aromatic carbocycles. The molecule has 3 heterocycles. The second kappa shape index (κ2) is 14.0. The van der Waals surface area contributed by atoms with Crippen molar-refractivity contribution in [1.82, 2.24) is 40.4 Å². The second-order valence-corrected chi connectivity index (χ2v) is 10.6. The number of benzene rings is 2. The summed E-state index contributed by atoms with van der Waals surface area (Å²) >= 11 is 6.21. The predicted octanol–water partition coefficient (Wildman–Crippen LogP) is 4.04. The van der Waals surface area contributed by atoms with Crippen molar-refractivity contribution < 1.29 is 23.9 Å². The largest absolute Gasteiger partial charge is 0.469 e. The lowest BCUT2D eigenvalue weighted by molar-refractivity contribution is -0.139. The summed E-state index contributed by atoms with van der Waals surface area (Å²) in [6.07, 6.45) is 7.84. The number of ether oxygens (including phenoxy) is 2.